The van der Waals surface area contributed by atoms with Crippen molar-refractivity contribution in [3.63, 3.8) is 0 Å². The third-order valence-electron chi connectivity index (χ3n) is 6.78. The second kappa shape index (κ2) is 7.74. The van der Waals surface area contributed by atoms with E-state index in [4.69, 9.17) is 4.74 Å². The van der Waals surface area contributed by atoms with E-state index in [1.165, 1.54) is 0 Å². The number of ether oxygens (including phenoxy) is 1. The van der Waals surface area contributed by atoms with Crippen LogP contribution in [-0.2, 0) is 9.53 Å². The summed E-state index contributed by atoms with van der Waals surface area (Å²) in [5, 5.41) is 10.2. The van der Waals surface area contributed by atoms with E-state index < -0.39 is 0 Å². The smallest absolute Gasteiger partial charge is 0.257 e. The lowest BCUT2D eigenvalue weighted by Crippen LogP contribution is -2.53. The highest BCUT2D eigenvalue weighted by atomic mass is 16.5. The van der Waals surface area contributed by atoms with Crippen molar-refractivity contribution < 1.29 is 19.4 Å². The van der Waals surface area contributed by atoms with Crippen molar-refractivity contribution in [1.82, 2.24) is 9.80 Å². The predicted octanol–water partition coefficient (Wildman–Crippen LogP) is 2.72. The number of rotatable bonds is 3. The van der Waals surface area contributed by atoms with Crippen LogP contribution in [0.15, 0.2) is 18.2 Å². The fraction of sp³-hybridized carbons (Fsp3) is 0.636. The Hall–Kier alpha value is -2.08. The summed E-state index contributed by atoms with van der Waals surface area (Å²) >= 11 is 0. The van der Waals surface area contributed by atoms with Crippen molar-refractivity contribution in [2.24, 2.45) is 5.41 Å². The number of nitrogens with zero attached hydrogens (tertiary/aromatic N) is 2. The highest BCUT2D eigenvalue weighted by Gasteiger charge is 2.42. The highest BCUT2D eigenvalue weighted by Crippen LogP contribution is 2.41. The topological polar surface area (TPSA) is 70.1 Å². The van der Waals surface area contributed by atoms with Crippen LogP contribution in [0, 0.1) is 12.3 Å². The Morgan fingerprint density at radius 1 is 1.29 bits per heavy atom. The number of hydrogen-bond donors (Lipinski definition) is 1. The average Bonchev–Trinajstić information content (AvgIpc) is 3.20. The van der Waals surface area contributed by atoms with E-state index >= 15 is 0 Å². The number of likely N-dealkylation sites (tertiary alicyclic amines) is 2. The third kappa shape index (κ3) is 3.75. The molecule has 4 rings (SSSR count). The third-order valence-corrected chi connectivity index (χ3v) is 6.78. The van der Waals surface area contributed by atoms with Crippen molar-refractivity contribution in [3.8, 4) is 5.75 Å². The molecule has 2 amide bonds. The van der Waals surface area contributed by atoms with Gasteiger partial charge in [-0.3, -0.25) is 9.59 Å². The van der Waals surface area contributed by atoms with Crippen molar-refractivity contribution in [2.75, 3.05) is 32.8 Å². The molecule has 6 nitrogen and oxygen atoms in total. The van der Waals surface area contributed by atoms with E-state index in [0.717, 1.165) is 50.8 Å². The van der Waals surface area contributed by atoms with Crippen molar-refractivity contribution in [2.45, 2.75) is 51.6 Å². The van der Waals surface area contributed by atoms with E-state index in [2.05, 4.69) is 0 Å². The molecule has 3 saturated heterocycles. The predicted molar refractivity (Wildman–Crippen MR) is 105 cm³/mol. The first kappa shape index (κ1) is 19.2. The highest BCUT2D eigenvalue weighted by molar-refractivity contribution is 5.97. The van der Waals surface area contributed by atoms with Crippen LogP contribution >= 0.6 is 0 Å². The summed E-state index contributed by atoms with van der Waals surface area (Å²) in [7, 11) is 0. The van der Waals surface area contributed by atoms with Gasteiger partial charge in [0.2, 0.25) is 5.91 Å². The first-order valence-corrected chi connectivity index (χ1v) is 10.4. The van der Waals surface area contributed by atoms with Crippen LogP contribution in [0.2, 0.25) is 0 Å². The van der Waals surface area contributed by atoms with Crippen molar-refractivity contribution in [3.05, 3.63) is 29.3 Å². The second-order valence-corrected chi connectivity index (χ2v) is 8.67. The second-order valence-electron chi connectivity index (χ2n) is 8.67. The molecule has 3 aliphatic rings. The van der Waals surface area contributed by atoms with Gasteiger partial charge in [-0.25, -0.2) is 0 Å². The van der Waals surface area contributed by atoms with E-state index in [1.54, 1.807) is 19.1 Å². The monoisotopic (exact) mass is 386 g/mol. The molecule has 0 bridgehead atoms. The molecule has 0 saturated carbocycles. The fourth-order valence-corrected chi connectivity index (χ4v) is 4.90. The molecule has 1 aromatic rings. The number of phenolic OH excluding ortho intramolecular Hbond substituents is 1. The first-order chi connectivity index (χ1) is 13.5. The molecule has 6 heteroatoms. The average molecular weight is 386 g/mol. The number of para-hydroxylation sites is 1. The van der Waals surface area contributed by atoms with Gasteiger partial charge in [-0.05, 0) is 56.1 Å². The lowest BCUT2D eigenvalue weighted by molar-refractivity contribution is -0.141. The molecule has 3 aliphatic heterocycles. The molecular formula is C22H30N2O4. The molecular weight excluding hydrogens is 356 g/mol. The van der Waals surface area contributed by atoms with Crippen LogP contribution in [0.25, 0.3) is 0 Å². The summed E-state index contributed by atoms with van der Waals surface area (Å²) in [4.78, 5) is 29.1. The van der Waals surface area contributed by atoms with Crippen LogP contribution in [0.5, 0.6) is 5.75 Å². The zero-order chi connectivity index (χ0) is 19.7. The number of phenols is 1. The van der Waals surface area contributed by atoms with Gasteiger partial charge in [0.25, 0.3) is 5.91 Å². The minimum atomic E-state index is -0.0980. The Morgan fingerprint density at radius 2 is 2.07 bits per heavy atom. The Balaban J connectivity index is 1.39. The van der Waals surface area contributed by atoms with Gasteiger partial charge in [0.05, 0.1) is 11.7 Å². The summed E-state index contributed by atoms with van der Waals surface area (Å²) in [5.41, 5.74) is 1.21. The van der Waals surface area contributed by atoms with Gasteiger partial charge >= 0.3 is 0 Å². The van der Waals surface area contributed by atoms with Gasteiger partial charge in [-0.15, -0.1) is 0 Å². The summed E-state index contributed by atoms with van der Waals surface area (Å²) in [6.45, 7) is 5.45. The normalized spacial score (nSPS) is 24.8. The number of carbonyl (C=O) groups is 2. The molecule has 28 heavy (non-hydrogen) atoms. The molecule has 0 unspecified atom stereocenters. The van der Waals surface area contributed by atoms with Crippen LogP contribution in [0.1, 0.15) is 54.4 Å². The minimum absolute atomic E-state index is 0.0822. The molecule has 3 heterocycles. The summed E-state index contributed by atoms with van der Waals surface area (Å²) in [6, 6.07) is 5.31. The Kier molecular flexibility index (Phi) is 5.32. The maximum absolute atomic E-state index is 12.9. The lowest BCUT2D eigenvalue weighted by Gasteiger charge is -2.47. The van der Waals surface area contributed by atoms with Gasteiger partial charge in [-0.2, -0.15) is 0 Å². The molecule has 0 aromatic heterocycles. The molecule has 3 fully saturated rings. The number of piperidine rings is 2. The molecule has 152 valence electrons. The van der Waals surface area contributed by atoms with E-state index in [-0.39, 0.29) is 29.1 Å². The molecule has 0 radical (unpaired) electrons. The molecule has 1 aromatic carbocycles. The van der Waals surface area contributed by atoms with Crippen molar-refractivity contribution in [1.29, 1.82) is 0 Å². The van der Waals surface area contributed by atoms with Crippen molar-refractivity contribution >= 4 is 11.8 Å². The maximum atomic E-state index is 12.9. The minimum Gasteiger partial charge on any atom is -0.507 e. The zero-order valence-corrected chi connectivity index (χ0v) is 16.7. The van der Waals surface area contributed by atoms with Crippen LogP contribution in [0.3, 0.4) is 0 Å². The van der Waals surface area contributed by atoms with Crippen LogP contribution < -0.4 is 0 Å². The number of aromatic hydroxyl groups is 1. The maximum Gasteiger partial charge on any atom is 0.257 e. The number of hydrogen-bond acceptors (Lipinski definition) is 4. The van der Waals surface area contributed by atoms with Crippen LogP contribution in [-0.4, -0.2) is 65.6 Å². The van der Waals surface area contributed by atoms with E-state index in [1.807, 2.05) is 15.9 Å². The van der Waals surface area contributed by atoms with Gasteiger partial charge < -0.3 is 19.6 Å². The summed E-state index contributed by atoms with van der Waals surface area (Å²) in [6.07, 6.45) is 5.62. The number of aryl methyl sites for hydroxylation is 1. The molecule has 1 atom stereocenters. The number of amides is 2. The zero-order valence-electron chi connectivity index (χ0n) is 16.7. The molecule has 1 spiro atoms. The van der Waals surface area contributed by atoms with Gasteiger partial charge in [0.1, 0.15) is 5.75 Å². The van der Waals surface area contributed by atoms with Gasteiger partial charge in [-0.1, -0.05) is 12.1 Å². The number of carbonyl (C=O) groups excluding carboxylic acids is 2. The van der Waals surface area contributed by atoms with E-state index in [9.17, 15) is 14.7 Å². The number of benzene rings is 1. The Morgan fingerprint density at radius 3 is 2.79 bits per heavy atom. The Bertz CT molecular complexity index is 749. The molecule has 0 aliphatic carbocycles. The SMILES string of the molecule is Cc1cccc(C(=O)N2CCC3(CCC(=O)N(C[C@H]4CCCO4)C3)CC2)c1O. The Labute approximate surface area is 166 Å². The fourth-order valence-electron chi connectivity index (χ4n) is 4.90. The van der Waals surface area contributed by atoms with E-state index in [0.29, 0.717) is 31.6 Å². The first-order valence-electron chi connectivity index (χ1n) is 10.4. The van der Waals surface area contributed by atoms with Gasteiger partial charge in [0, 0.05) is 39.2 Å². The lowest BCUT2D eigenvalue weighted by atomic mass is 9.72. The quantitative estimate of drug-likeness (QED) is 0.867. The standard InChI is InChI=1S/C22H30N2O4/c1-16-4-2-6-18(20(16)26)21(27)23-11-9-22(10-12-23)8-7-19(25)24(15-22)14-17-5-3-13-28-17/h2,4,6,17,26H,3,5,7-15H2,1H3/t17-/m1/s1. The summed E-state index contributed by atoms with van der Waals surface area (Å²) in [5.74, 6) is 0.224. The molecule has 1 N–H and O–H groups in total. The van der Waals surface area contributed by atoms with Crippen LogP contribution in [0.4, 0.5) is 0 Å². The summed E-state index contributed by atoms with van der Waals surface area (Å²) < 4.78 is 5.73. The van der Waals surface area contributed by atoms with Gasteiger partial charge in [0.15, 0.2) is 0 Å². The largest absolute Gasteiger partial charge is 0.507 e.